The van der Waals surface area contributed by atoms with E-state index in [1.165, 1.54) is 23.0 Å². The molecule has 0 spiro atoms. The van der Waals surface area contributed by atoms with E-state index >= 15 is 0 Å². The molecule has 0 saturated heterocycles. The van der Waals surface area contributed by atoms with Crippen molar-refractivity contribution in [2.24, 2.45) is 5.10 Å². The van der Waals surface area contributed by atoms with Crippen molar-refractivity contribution in [3.05, 3.63) is 38.4 Å². The fourth-order valence-electron chi connectivity index (χ4n) is 2.01. The largest absolute Gasteiger partial charge is 0.500 e. The van der Waals surface area contributed by atoms with Gasteiger partial charge in [0, 0.05) is 17.5 Å². The Morgan fingerprint density at radius 2 is 2.29 bits per heavy atom. The second kappa shape index (κ2) is 7.21. The standard InChI is InChI=1S/C14H17N5O4S/c1-4-23-11-6-9(5-10(12(11)20)19(21)22)7-15-18-13(8(2)3)16-17-14(18)24/h5-8,20H,4H2,1-3H3,(H,17,24)/b15-7-. The van der Waals surface area contributed by atoms with Gasteiger partial charge in [0.25, 0.3) is 0 Å². The van der Waals surface area contributed by atoms with Crippen molar-refractivity contribution in [1.82, 2.24) is 14.9 Å². The highest BCUT2D eigenvalue weighted by molar-refractivity contribution is 7.71. The molecule has 24 heavy (non-hydrogen) atoms. The van der Waals surface area contributed by atoms with Gasteiger partial charge in [-0.2, -0.15) is 14.9 Å². The fourth-order valence-corrected chi connectivity index (χ4v) is 2.19. The first-order valence-electron chi connectivity index (χ1n) is 7.21. The van der Waals surface area contributed by atoms with Crippen molar-refractivity contribution in [3.63, 3.8) is 0 Å². The number of nitro groups is 1. The average Bonchev–Trinajstić information content (AvgIpc) is 2.89. The van der Waals surface area contributed by atoms with Gasteiger partial charge in [-0.25, -0.2) is 0 Å². The van der Waals surface area contributed by atoms with E-state index in [2.05, 4.69) is 15.3 Å². The van der Waals surface area contributed by atoms with E-state index in [4.69, 9.17) is 17.0 Å². The van der Waals surface area contributed by atoms with E-state index in [9.17, 15) is 15.2 Å². The molecule has 1 aromatic heterocycles. The average molecular weight is 351 g/mol. The van der Waals surface area contributed by atoms with E-state index in [1.807, 2.05) is 13.8 Å². The molecular weight excluding hydrogens is 334 g/mol. The lowest BCUT2D eigenvalue weighted by Crippen LogP contribution is -2.01. The number of ether oxygens (including phenoxy) is 1. The Morgan fingerprint density at radius 3 is 2.88 bits per heavy atom. The highest BCUT2D eigenvalue weighted by Gasteiger charge is 2.19. The smallest absolute Gasteiger partial charge is 0.315 e. The topological polar surface area (TPSA) is 119 Å². The monoisotopic (exact) mass is 351 g/mol. The van der Waals surface area contributed by atoms with E-state index in [0.717, 1.165) is 0 Å². The molecule has 0 unspecified atom stereocenters. The summed E-state index contributed by atoms with van der Waals surface area (Å²) in [7, 11) is 0. The van der Waals surface area contributed by atoms with Gasteiger partial charge in [-0.15, -0.1) is 0 Å². The van der Waals surface area contributed by atoms with Gasteiger partial charge in [-0.1, -0.05) is 13.8 Å². The molecule has 0 aliphatic heterocycles. The minimum absolute atomic E-state index is 0.0213. The van der Waals surface area contributed by atoms with Crippen LogP contribution in [0.3, 0.4) is 0 Å². The van der Waals surface area contributed by atoms with Crippen molar-refractivity contribution in [2.45, 2.75) is 26.7 Å². The highest BCUT2D eigenvalue weighted by atomic mass is 32.1. The first-order chi connectivity index (χ1) is 11.3. The molecular formula is C14H17N5O4S. The second-order valence-corrected chi connectivity index (χ2v) is 5.56. The number of phenolic OH excluding ortho intramolecular Hbond substituents is 1. The third-order valence-corrected chi connectivity index (χ3v) is 3.35. The maximum Gasteiger partial charge on any atom is 0.315 e. The van der Waals surface area contributed by atoms with Crippen LogP contribution < -0.4 is 4.74 Å². The highest BCUT2D eigenvalue weighted by Crippen LogP contribution is 2.36. The van der Waals surface area contributed by atoms with Crippen molar-refractivity contribution in [2.75, 3.05) is 6.61 Å². The van der Waals surface area contributed by atoms with Crippen LogP contribution in [0.15, 0.2) is 17.2 Å². The molecule has 0 aliphatic carbocycles. The number of aromatic hydroxyl groups is 1. The van der Waals surface area contributed by atoms with Crippen LogP contribution in [-0.4, -0.2) is 37.7 Å². The number of H-pyrrole nitrogens is 1. The normalized spacial score (nSPS) is 11.3. The van der Waals surface area contributed by atoms with Crippen molar-refractivity contribution in [1.29, 1.82) is 0 Å². The van der Waals surface area contributed by atoms with Crippen LogP contribution in [-0.2, 0) is 0 Å². The number of benzene rings is 1. The first kappa shape index (κ1) is 17.6. The number of nitro benzene ring substituents is 1. The minimum Gasteiger partial charge on any atom is -0.500 e. The molecule has 2 N–H and O–H groups in total. The zero-order valence-electron chi connectivity index (χ0n) is 13.4. The molecule has 2 rings (SSSR count). The molecule has 0 aliphatic rings. The summed E-state index contributed by atoms with van der Waals surface area (Å²) >= 11 is 5.12. The number of rotatable bonds is 6. The van der Waals surface area contributed by atoms with Gasteiger partial charge >= 0.3 is 5.69 Å². The fraction of sp³-hybridized carbons (Fsp3) is 0.357. The van der Waals surface area contributed by atoms with Crippen LogP contribution in [0.25, 0.3) is 0 Å². The molecule has 10 heteroatoms. The number of aromatic amines is 1. The van der Waals surface area contributed by atoms with E-state index in [1.54, 1.807) is 6.92 Å². The van der Waals surface area contributed by atoms with Gasteiger partial charge < -0.3 is 9.84 Å². The van der Waals surface area contributed by atoms with Crippen LogP contribution in [0.2, 0.25) is 0 Å². The zero-order valence-corrected chi connectivity index (χ0v) is 14.2. The maximum atomic E-state index is 11.1. The molecule has 2 aromatic rings. The molecule has 1 heterocycles. The van der Waals surface area contributed by atoms with Crippen molar-refractivity contribution >= 4 is 24.1 Å². The molecule has 0 amide bonds. The third kappa shape index (κ3) is 3.59. The second-order valence-electron chi connectivity index (χ2n) is 5.17. The van der Waals surface area contributed by atoms with Crippen LogP contribution in [0, 0.1) is 14.9 Å². The number of phenols is 1. The summed E-state index contributed by atoms with van der Waals surface area (Å²) in [5.74, 6) is 0.229. The molecule has 0 fully saturated rings. The summed E-state index contributed by atoms with van der Waals surface area (Å²) in [5, 5.41) is 31.9. The van der Waals surface area contributed by atoms with Gasteiger partial charge in [-0.3, -0.25) is 15.2 Å². The summed E-state index contributed by atoms with van der Waals surface area (Å²) in [6, 6.07) is 2.67. The molecule has 9 nitrogen and oxygen atoms in total. The summed E-state index contributed by atoms with van der Waals surface area (Å²) in [5.41, 5.74) is -0.0666. The van der Waals surface area contributed by atoms with Gasteiger partial charge in [0.15, 0.2) is 11.6 Å². The number of nitrogens with one attached hydrogen (secondary N) is 1. The summed E-state index contributed by atoms with van der Waals surface area (Å²) < 4.78 is 6.99. The lowest BCUT2D eigenvalue weighted by molar-refractivity contribution is -0.386. The molecule has 1 aromatic carbocycles. The Morgan fingerprint density at radius 1 is 1.58 bits per heavy atom. The van der Waals surface area contributed by atoms with Gasteiger partial charge in [0.1, 0.15) is 0 Å². The van der Waals surface area contributed by atoms with Gasteiger partial charge in [0.2, 0.25) is 10.5 Å². The van der Waals surface area contributed by atoms with E-state index in [0.29, 0.717) is 16.2 Å². The minimum atomic E-state index is -0.682. The molecule has 0 atom stereocenters. The summed E-state index contributed by atoms with van der Waals surface area (Å²) in [6.07, 6.45) is 1.40. The number of aromatic nitrogens is 3. The Labute approximate surface area is 142 Å². The van der Waals surface area contributed by atoms with Crippen molar-refractivity contribution in [3.8, 4) is 11.5 Å². The zero-order chi connectivity index (χ0) is 17.9. The number of hydrogen-bond acceptors (Lipinski definition) is 7. The van der Waals surface area contributed by atoms with Crippen molar-refractivity contribution < 1.29 is 14.8 Å². The summed E-state index contributed by atoms with van der Waals surface area (Å²) in [4.78, 5) is 10.4. The number of hydrogen-bond donors (Lipinski definition) is 2. The van der Waals surface area contributed by atoms with E-state index < -0.39 is 16.4 Å². The van der Waals surface area contributed by atoms with Crippen LogP contribution in [0.1, 0.15) is 38.1 Å². The molecule has 0 radical (unpaired) electrons. The Kier molecular flexibility index (Phi) is 5.29. The van der Waals surface area contributed by atoms with Crippen LogP contribution in [0.4, 0.5) is 5.69 Å². The van der Waals surface area contributed by atoms with Crippen LogP contribution in [0.5, 0.6) is 11.5 Å². The lowest BCUT2D eigenvalue weighted by Gasteiger charge is -2.07. The van der Waals surface area contributed by atoms with E-state index in [-0.39, 0.29) is 18.3 Å². The quantitative estimate of drug-likeness (QED) is 0.357. The number of nitrogens with zero attached hydrogens (tertiary/aromatic N) is 4. The Balaban J connectivity index is 2.48. The van der Waals surface area contributed by atoms with Gasteiger partial charge in [0.05, 0.1) is 17.7 Å². The lowest BCUT2D eigenvalue weighted by atomic mass is 10.2. The Bertz CT molecular complexity index is 840. The SMILES string of the molecule is CCOc1cc(/C=N\n2c(C(C)C)n[nH]c2=S)cc([N+](=O)[O-])c1O. The first-order valence-corrected chi connectivity index (χ1v) is 7.61. The van der Waals surface area contributed by atoms with Crippen LogP contribution >= 0.6 is 12.2 Å². The maximum absolute atomic E-state index is 11.1. The molecule has 128 valence electrons. The molecule has 0 saturated carbocycles. The molecule has 0 bridgehead atoms. The predicted molar refractivity (Wildman–Crippen MR) is 90.4 cm³/mol. The Hall–Kier alpha value is -2.75. The third-order valence-electron chi connectivity index (χ3n) is 3.09. The summed E-state index contributed by atoms with van der Waals surface area (Å²) in [6.45, 7) is 5.85. The predicted octanol–water partition coefficient (Wildman–Crippen LogP) is 2.96. The van der Waals surface area contributed by atoms with Gasteiger partial charge in [-0.05, 0) is 25.2 Å².